The molecule has 0 aromatic heterocycles. The molecule has 23 heavy (non-hydrogen) atoms. The summed E-state index contributed by atoms with van der Waals surface area (Å²) in [6.07, 6.45) is -2.59. The molecule has 1 aliphatic heterocycles. The van der Waals surface area contributed by atoms with E-state index in [2.05, 4.69) is 10.0 Å². The Balaban J connectivity index is 3.06. The molecule has 1 rings (SSSR count). The van der Waals surface area contributed by atoms with Crippen molar-refractivity contribution in [3.05, 3.63) is 10.4 Å². The molecule has 0 unspecified atom stereocenters. The zero-order chi connectivity index (χ0) is 17.8. The van der Waals surface area contributed by atoms with Crippen LogP contribution >= 0.6 is 7.60 Å². The van der Waals surface area contributed by atoms with Crippen molar-refractivity contribution < 1.29 is 28.2 Å². The summed E-state index contributed by atoms with van der Waals surface area (Å²) >= 11 is 0. The van der Waals surface area contributed by atoms with Crippen molar-refractivity contribution in [2.24, 2.45) is 5.11 Å². The van der Waals surface area contributed by atoms with Gasteiger partial charge in [0.2, 0.25) is 0 Å². The molecule has 0 radical (unpaired) electrons. The lowest BCUT2D eigenvalue weighted by Crippen LogP contribution is -2.38. The molecule has 1 fully saturated rings. The van der Waals surface area contributed by atoms with E-state index in [1.54, 1.807) is 41.5 Å². The highest BCUT2D eigenvalue weighted by molar-refractivity contribution is 7.54. The lowest BCUT2D eigenvalue weighted by molar-refractivity contribution is -0.151. The Morgan fingerprint density at radius 3 is 2.22 bits per heavy atom. The SMILES string of the molecule is CC(C)OP(=O)(OC(C)C)[C@@H](O)[C@@H]1OC(C)(C)O[C@H]1CN=[N+]=[N-]. The maximum atomic E-state index is 13.0. The van der Waals surface area contributed by atoms with Crippen LogP contribution in [0.4, 0.5) is 0 Å². The topological polar surface area (TPSA) is 123 Å². The highest BCUT2D eigenvalue weighted by Crippen LogP contribution is 2.57. The van der Waals surface area contributed by atoms with E-state index in [-0.39, 0.29) is 6.54 Å². The molecule has 0 spiro atoms. The van der Waals surface area contributed by atoms with Gasteiger partial charge in [0.15, 0.2) is 11.6 Å². The fourth-order valence-electron chi connectivity index (χ4n) is 2.29. The van der Waals surface area contributed by atoms with Gasteiger partial charge in [-0.2, -0.15) is 0 Å². The Kier molecular flexibility index (Phi) is 7.04. The van der Waals surface area contributed by atoms with Crippen molar-refractivity contribution in [1.29, 1.82) is 0 Å². The second-order valence-corrected chi connectivity index (χ2v) is 8.34. The third kappa shape index (κ3) is 5.72. The summed E-state index contributed by atoms with van der Waals surface area (Å²) in [7, 11) is -3.88. The van der Waals surface area contributed by atoms with E-state index in [4.69, 9.17) is 24.1 Å². The maximum absolute atomic E-state index is 13.0. The van der Waals surface area contributed by atoms with Crippen molar-refractivity contribution >= 4 is 7.60 Å². The van der Waals surface area contributed by atoms with Gasteiger partial charge in [0.05, 0.1) is 24.9 Å². The van der Waals surface area contributed by atoms with E-state index in [9.17, 15) is 9.67 Å². The van der Waals surface area contributed by atoms with Gasteiger partial charge in [-0.1, -0.05) is 5.11 Å². The molecule has 1 heterocycles. The van der Waals surface area contributed by atoms with Gasteiger partial charge in [-0.25, -0.2) is 0 Å². The van der Waals surface area contributed by atoms with Gasteiger partial charge in [-0.05, 0) is 47.1 Å². The molecular formula is C13H26N3O6P. The molecule has 0 amide bonds. The average molecular weight is 351 g/mol. The standard InChI is InChI=1S/C13H26N3O6P/c1-8(2)21-23(18,22-9(3)4)12(17)11-10(7-15-16-14)19-13(5,6)20-11/h8-12,17H,7H2,1-6H3/t10-,11+,12+/m0/s1. The van der Waals surface area contributed by atoms with Crippen molar-refractivity contribution in [2.75, 3.05) is 6.54 Å². The fourth-order valence-corrected chi connectivity index (χ4v) is 4.38. The molecule has 9 nitrogen and oxygen atoms in total. The van der Waals surface area contributed by atoms with Gasteiger partial charge in [0.1, 0.15) is 6.10 Å². The number of rotatable bonds is 8. The number of hydrogen-bond acceptors (Lipinski definition) is 7. The molecule has 1 aliphatic rings. The summed E-state index contributed by atoms with van der Waals surface area (Å²) in [5.74, 6) is -2.57. The Labute approximate surface area is 136 Å². The van der Waals surface area contributed by atoms with E-state index in [0.29, 0.717) is 0 Å². The molecule has 10 heteroatoms. The monoisotopic (exact) mass is 351 g/mol. The van der Waals surface area contributed by atoms with Crippen LogP contribution in [0.25, 0.3) is 10.4 Å². The third-order valence-corrected chi connectivity index (χ3v) is 5.25. The smallest absolute Gasteiger partial charge is 0.362 e. The van der Waals surface area contributed by atoms with Crippen LogP contribution in [0, 0.1) is 0 Å². The minimum atomic E-state index is -3.88. The first-order chi connectivity index (χ1) is 10.5. The summed E-state index contributed by atoms with van der Waals surface area (Å²) in [4.78, 5) is 2.68. The fraction of sp³-hybridized carbons (Fsp3) is 1.00. The normalized spacial score (nSPS) is 25.6. The van der Waals surface area contributed by atoms with Gasteiger partial charge in [-0.3, -0.25) is 4.57 Å². The first-order valence-corrected chi connectivity index (χ1v) is 9.13. The van der Waals surface area contributed by atoms with Crippen LogP contribution < -0.4 is 0 Å². The summed E-state index contributed by atoms with van der Waals surface area (Å²) < 4.78 is 35.0. The average Bonchev–Trinajstić information content (AvgIpc) is 2.68. The molecule has 0 aromatic carbocycles. The molecule has 0 bridgehead atoms. The Morgan fingerprint density at radius 2 is 1.78 bits per heavy atom. The first-order valence-electron chi connectivity index (χ1n) is 7.52. The number of azide groups is 1. The van der Waals surface area contributed by atoms with E-state index in [1.165, 1.54) is 0 Å². The predicted octanol–water partition coefficient (Wildman–Crippen LogP) is 3.18. The summed E-state index contributed by atoms with van der Waals surface area (Å²) in [5.41, 5.74) is 8.47. The van der Waals surface area contributed by atoms with Crippen molar-refractivity contribution in [3.8, 4) is 0 Å². The Morgan fingerprint density at radius 1 is 1.26 bits per heavy atom. The molecule has 0 aromatic rings. The number of nitrogens with zero attached hydrogens (tertiary/aromatic N) is 3. The molecule has 3 atom stereocenters. The number of aliphatic hydroxyl groups excluding tert-OH is 1. The van der Waals surface area contributed by atoms with E-state index in [0.717, 1.165) is 0 Å². The molecular weight excluding hydrogens is 325 g/mol. The van der Waals surface area contributed by atoms with Crippen LogP contribution in [0.2, 0.25) is 0 Å². The van der Waals surface area contributed by atoms with E-state index >= 15 is 0 Å². The quantitative estimate of drug-likeness (QED) is 0.310. The van der Waals surface area contributed by atoms with Crippen LogP contribution in [0.5, 0.6) is 0 Å². The van der Waals surface area contributed by atoms with Crippen LogP contribution in [0.3, 0.4) is 0 Å². The van der Waals surface area contributed by atoms with Crippen molar-refractivity contribution in [3.63, 3.8) is 0 Å². The lowest BCUT2D eigenvalue weighted by atomic mass is 10.2. The summed E-state index contributed by atoms with van der Waals surface area (Å²) in [6.45, 7) is 10.0. The van der Waals surface area contributed by atoms with Crippen LogP contribution in [-0.4, -0.2) is 47.7 Å². The van der Waals surface area contributed by atoms with Crippen LogP contribution in [-0.2, 0) is 23.1 Å². The highest BCUT2D eigenvalue weighted by Gasteiger charge is 2.52. The number of aliphatic hydroxyl groups is 1. The second kappa shape index (κ2) is 7.94. The number of ether oxygens (including phenoxy) is 2. The molecule has 134 valence electrons. The molecule has 1 saturated heterocycles. The molecule has 1 N–H and O–H groups in total. The molecule has 0 saturated carbocycles. The van der Waals surface area contributed by atoms with E-state index in [1.807, 2.05) is 0 Å². The minimum Gasteiger partial charge on any atom is -0.378 e. The van der Waals surface area contributed by atoms with Gasteiger partial charge in [-0.15, -0.1) is 0 Å². The zero-order valence-corrected chi connectivity index (χ0v) is 15.3. The predicted molar refractivity (Wildman–Crippen MR) is 83.9 cm³/mol. The van der Waals surface area contributed by atoms with Crippen LogP contribution in [0.1, 0.15) is 41.5 Å². The van der Waals surface area contributed by atoms with Gasteiger partial charge in [0, 0.05) is 4.91 Å². The summed E-state index contributed by atoms with van der Waals surface area (Å²) in [6, 6.07) is 0. The zero-order valence-electron chi connectivity index (χ0n) is 14.4. The summed E-state index contributed by atoms with van der Waals surface area (Å²) in [5, 5.41) is 14.1. The van der Waals surface area contributed by atoms with Gasteiger partial charge >= 0.3 is 7.60 Å². The largest absolute Gasteiger partial charge is 0.378 e. The van der Waals surface area contributed by atoms with Crippen molar-refractivity contribution in [1.82, 2.24) is 0 Å². The third-order valence-electron chi connectivity index (χ3n) is 2.88. The Hall–Kier alpha value is -0.660. The number of hydrogen-bond donors (Lipinski definition) is 1. The molecule has 0 aliphatic carbocycles. The van der Waals surface area contributed by atoms with Crippen molar-refractivity contribution in [2.45, 2.75) is 77.6 Å². The lowest BCUT2D eigenvalue weighted by Gasteiger charge is -2.30. The van der Waals surface area contributed by atoms with Crippen LogP contribution in [0.15, 0.2) is 5.11 Å². The minimum absolute atomic E-state index is 0.0645. The highest BCUT2D eigenvalue weighted by atomic mass is 31.2. The Bertz CT molecular complexity index is 478. The maximum Gasteiger partial charge on any atom is 0.362 e. The van der Waals surface area contributed by atoms with E-state index < -0.39 is 43.6 Å². The first kappa shape index (κ1) is 20.4. The van der Waals surface area contributed by atoms with Gasteiger partial charge < -0.3 is 23.6 Å². The van der Waals surface area contributed by atoms with Gasteiger partial charge in [0.25, 0.3) is 0 Å². The second-order valence-electron chi connectivity index (χ2n) is 6.31.